The molecule has 0 fully saturated rings. The van der Waals surface area contributed by atoms with Gasteiger partial charge in [0.1, 0.15) is 16.8 Å². The zero-order valence-electron chi connectivity index (χ0n) is 13.0. The van der Waals surface area contributed by atoms with Crippen molar-refractivity contribution in [3.63, 3.8) is 0 Å². The molecule has 21 heavy (non-hydrogen) atoms. The van der Waals surface area contributed by atoms with Gasteiger partial charge in [-0.25, -0.2) is 9.97 Å². The number of ether oxygens (including phenoxy) is 1. The van der Waals surface area contributed by atoms with Crippen molar-refractivity contribution in [2.45, 2.75) is 32.6 Å². The van der Waals surface area contributed by atoms with Crippen LogP contribution in [0.25, 0.3) is 0 Å². The Hall–Kier alpha value is -1.40. The van der Waals surface area contributed by atoms with Crippen LogP contribution >= 0.6 is 11.6 Å². The van der Waals surface area contributed by atoms with Crippen molar-refractivity contribution in [1.82, 2.24) is 15.3 Å². The lowest BCUT2D eigenvalue weighted by atomic mass is 9.96. The van der Waals surface area contributed by atoms with Gasteiger partial charge in [-0.15, -0.1) is 0 Å². The summed E-state index contributed by atoms with van der Waals surface area (Å²) < 4.78 is 4.86. The van der Waals surface area contributed by atoms with Gasteiger partial charge in [0.05, 0.1) is 6.61 Å². The minimum Gasteiger partial charge on any atom is -0.383 e. The lowest BCUT2D eigenvalue weighted by Gasteiger charge is -2.17. The molecule has 0 bridgehead atoms. The summed E-state index contributed by atoms with van der Waals surface area (Å²) in [5.74, 6) is 1.27. The van der Waals surface area contributed by atoms with E-state index in [1.807, 2.05) is 20.8 Å². The molecule has 0 saturated carbocycles. The van der Waals surface area contributed by atoms with Crippen LogP contribution in [-0.2, 0) is 14.9 Å². The van der Waals surface area contributed by atoms with Gasteiger partial charge in [0.2, 0.25) is 5.91 Å². The average Bonchev–Trinajstić information content (AvgIpc) is 2.37. The van der Waals surface area contributed by atoms with Crippen molar-refractivity contribution in [2.24, 2.45) is 0 Å². The van der Waals surface area contributed by atoms with Crippen LogP contribution in [0, 0.1) is 0 Å². The SMILES string of the molecule is COCCNC(=O)CCNc1cc(Cl)nc(C(C)(C)C)n1. The Morgan fingerprint density at radius 2 is 2.05 bits per heavy atom. The fourth-order valence-electron chi connectivity index (χ4n) is 1.53. The Kier molecular flexibility index (Phi) is 6.84. The maximum atomic E-state index is 11.5. The Balaban J connectivity index is 2.49. The van der Waals surface area contributed by atoms with Crippen LogP contribution in [0.1, 0.15) is 33.0 Å². The first-order valence-electron chi connectivity index (χ1n) is 6.87. The zero-order valence-corrected chi connectivity index (χ0v) is 13.8. The minimum atomic E-state index is -0.182. The third kappa shape index (κ3) is 6.73. The lowest BCUT2D eigenvalue weighted by molar-refractivity contribution is -0.121. The van der Waals surface area contributed by atoms with Crippen LogP contribution in [0.4, 0.5) is 5.82 Å². The van der Waals surface area contributed by atoms with E-state index in [4.69, 9.17) is 16.3 Å². The zero-order chi connectivity index (χ0) is 15.9. The van der Waals surface area contributed by atoms with Crippen molar-refractivity contribution in [1.29, 1.82) is 0 Å². The maximum Gasteiger partial charge on any atom is 0.221 e. The van der Waals surface area contributed by atoms with Crippen LogP contribution in [-0.4, -0.2) is 42.7 Å². The maximum absolute atomic E-state index is 11.5. The molecule has 1 aromatic rings. The van der Waals surface area contributed by atoms with Gasteiger partial charge >= 0.3 is 0 Å². The highest BCUT2D eigenvalue weighted by Gasteiger charge is 2.18. The first-order chi connectivity index (χ1) is 9.82. The highest BCUT2D eigenvalue weighted by Crippen LogP contribution is 2.22. The largest absolute Gasteiger partial charge is 0.383 e. The number of rotatable bonds is 7. The van der Waals surface area contributed by atoms with E-state index in [9.17, 15) is 4.79 Å². The molecule has 2 N–H and O–H groups in total. The Morgan fingerprint density at radius 1 is 1.33 bits per heavy atom. The van der Waals surface area contributed by atoms with Crippen molar-refractivity contribution in [3.05, 3.63) is 17.0 Å². The quantitative estimate of drug-likeness (QED) is 0.594. The molecule has 0 atom stereocenters. The normalized spacial score (nSPS) is 11.3. The van der Waals surface area contributed by atoms with Gasteiger partial charge in [0, 0.05) is 38.1 Å². The number of anilines is 1. The van der Waals surface area contributed by atoms with Gasteiger partial charge in [-0.05, 0) is 0 Å². The second-order valence-corrected chi connectivity index (χ2v) is 6.06. The van der Waals surface area contributed by atoms with Crippen molar-refractivity contribution in [3.8, 4) is 0 Å². The first kappa shape index (κ1) is 17.7. The Bertz CT molecular complexity index is 475. The molecule has 1 rings (SSSR count). The topological polar surface area (TPSA) is 76.1 Å². The molecule has 0 saturated heterocycles. The number of carbonyl (C=O) groups is 1. The molecule has 1 amide bonds. The summed E-state index contributed by atoms with van der Waals surface area (Å²) in [6.07, 6.45) is 0.357. The molecule has 7 heteroatoms. The highest BCUT2D eigenvalue weighted by molar-refractivity contribution is 6.29. The summed E-state index contributed by atoms with van der Waals surface area (Å²) in [6.45, 7) is 7.57. The predicted octanol–water partition coefficient (Wildman–Crippen LogP) is 1.99. The second kappa shape index (κ2) is 8.14. The molecule has 0 aromatic carbocycles. The number of hydrogen-bond donors (Lipinski definition) is 2. The van der Waals surface area contributed by atoms with Crippen LogP contribution in [0.3, 0.4) is 0 Å². The molecule has 1 heterocycles. The van der Waals surface area contributed by atoms with E-state index in [1.165, 1.54) is 0 Å². The fraction of sp³-hybridized carbons (Fsp3) is 0.643. The van der Waals surface area contributed by atoms with E-state index in [0.29, 0.717) is 42.9 Å². The highest BCUT2D eigenvalue weighted by atomic mass is 35.5. The van der Waals surface area contributed by atoms with Crippen LogP contribution in [0.2, 0.25) is 5.15 Å². The van der Waals surface area contributed by atoms with Crippen LogP contribution in [0.15, 0.2) is 6.07 Å². The summed E-state index contributed by atoms with van der Waals surface area (Å²) in [6, 6.07) is 1.65. The molecule has 118 valence electrons. The Labute approximate surface area is 130 Å². The number of methoxy groups -OCH3 is 1. The van der Waals surface area contributed by atoms with Crippen LogP contribution < -0.4 is 10.6 Å². The fourth-order valence-corrected chi connectivity index (χ4v) is 1.71. The van der Waals surface area contributed by atoms with Gasteiger partial charge in [-0.2, -0.15) is 0 Å². The van der Waals surface area contributed by atoms with Gasteiger partial charge in [0.25, 0.3) is 0 Å². The summed E-state index contributed by atoms with van der Waals surface area (Å²) in [7, 11) is 1.60. The number of nitrogens with zero attached hydrogens (tertiary/aromatic N) is 2. The minimum absolute atomic E-state index is 0.0317. The van der Waals surface area contributed by atoms with Gasteiger partial charge < -0.3 is 15.4 Å². The number of hydrogen-bond acceptors (Lipinski definition) is 5. The van der Waals surface area contributed by atoms with Gasteiger partial charge in [-0.1, -0.05) is 32.4 Å². The van der Waals surface area contributed by atoms with E-state index in [2.05, 4.69) is 20.6 Å². The van der Waals surface area contributed by atoms with E-state index < -0.39 is 0 Å². The standard InChI is InChI=1S/C14H23ClN4O2/c1-14(2,3)13-18-10(15)9-11(19-13)16-6-5-12(20)17-7-8-21-4/h9H,5-8H2,1-4H3,(H,17,20)(H,16,18,19). The molecule has 0 spiro atoms. The summed E-state index contributed by atoms with van der Waals surface area (Å²) >= 11 is 6.00. The number of nitrogens with one attached hydrogen (secondary N) is 2. The van der Waals surface area contributed by atoms with Crippen molar-refractivity contribution >= 4 is 23.3 Å². The number of aromatic nitrogens is 2. The van der Waals surface area contributed by atoms with E-state index in [1.54, 1.807) is 13.2 Å². The summed E-state index contributed by atoms with van der Waals surface area (Å²) in [4.78, 5) is 20.2. The number of halogens is 1. The molecule has 0 unspecified atom stereocenters. The molecular formula is C14H23ClN4O2. The van der Waals surface area contributed by atoms with E-state index in [0.717, 1.165) is 0 Å². The molecule has 6 nitrogen and oxygen atoms in total. The first-order valence-corrected chi connectivity index (χ1v) is 7.25. The Morgan fingerprint density at radius 3 is 2.67 bits per heavy atom. The van der Waals surface area contributed by atoms with Crippen molar-refractivity contribution in [2.75, 3.05) is 32.1 Å². The third-order valence-electron chi connectivity index (χ3n) is 2.65. The molecule has 0 radical (unpaired) electrons. The molecular weight excluding hydrogens is 292 g/mol. The van der Waals surface area contributed by atoms with E-state index >= 15 is 0 Å². The van der Waals surface area contributed by atoms with Crippen LogP contribution in [0.5, 0.6) is 0 Å². The second-order valence-electron chi connectivity index (χ2n) is 5.67. The number of amides is 1. The van der Waals surface area contributed by atoms with Crippen molar-refractivity contribution < 1.29 is 9.53 Å². The summed E-state index contributed by atoms with van der Waals surface area (Å²) in [5.41, 5.74) is -0.182. The molecule has 0 aliphatic heterocycles. The monoisotopic (exact) mass is 314 g/mol. The average molecular weight is 315 g/mol. The van der Waals surface area contributed by atoms with Gasteiger partial charge in [0.15, 0.2) is 0 Å². The molecule has 1 aromatic heterocycles. The number of carbonyl (C=O) groups excluding carboxylic acids is 1. The lowest BCUT2D eigenvalue weighted by Crippen LogP contribution is -2.28. The smallest absolute Gasteiger partial charge is 0.221 e. The third-order valence-corrected chi connectivity index (χ3v) is 2.85. The molecule has 0 aliphatic carbocycles. The molecule has 0 aliphatic rings. The van der Waals surface area contributed by atoms with Gasteiger partial charge in [-0.3, -0.25) is 4.79 Å². The summed E-state index contributed by atoms with van der Waals surface area (Å²) in [5, 5.41) is 6.24. The van der Waals surface area contributed by atoms with E-state index in [-0.39, 0.29) is 11.3 Å². The predicted molar refractivity (Wildman–Crippen MR) is 83.7 cm³/mol.